The first-order valence-corrected chi connectivity index (χ1v) is 14.0. The summed E-state index contributed by atoms with van der Waals surface area (Å²) in [5.74, 6) is -0.737. The highest BCUT2D eigenvalue weighted by molar-refractivity contribution is 8.26. The molecule has 11 heteroatoms. The minimum atomic E-state index is -0.410. The van der Waals surface area contributed by atoms with E-state index in [1.165, 1.54) is 21.6 Å². The Bertz CT molecular complexity index is 1450. The third kappa shape index (κ3) is 5.77. The van der Waals surface area contributed by atoms with Crippen LogP contribution in [0.4, 0.5) is 10.2 Å². The van der Waals surface area contributed by atoms with Crippen molar-refractivity contribution >= 4 is 52.1 Å². The summed E-state index contributed by atoms with van der Waals surface area (Å²) >= 11 is 6.64. The van der Waals surface area contributed by atoms with Gasteiger partial charge in [0.15, 0.2) is 0 Å². The number of rotatable bonds is 7. The van der Waals surface area contributed by atoms with E-state index >= 15 is 0 Å². The Morgan fingerprint density at radius 1 is 1.28 bits per heavy atom. The number of thioether (sulfide) groups is 1. The fourth-order valence-corrected chi connectivity index (χ4v) is 6.18. The van der Waals surface area contributed by atoms with E-state index in [0.717, 1.165) is 23.7 Å². The maximum atomic E-state index is 13.4. The van der Waals surface area contributed by atoms with E-state index < -0.39 is 5.56 Å². The highest BCUT2D eigenvalue weighted by atomic mass is 32.2. The van der Waals surface area contributed by atoms with Crippen LogP contribution in [0.2, 0.25) is 0 Å². The first-order valence-electron chi connectivity index (χ1n) is 12.8. The summed E-state index contributed by atoms with van der Waals surface area (Å²) in [6, 6.07) is 7.90. The summed E-state index contributed by atoms with van der Waals surface area (Å²) in [6.45, 7) is 7.03. The van der Waals surface area contributed by atoms with Crippen molar-refractivity contribution < 1.29 is 18.7 Å². The number of nitrogens with zero attached hydrogens (tertiary/aromatic N) is 4. The highest BCUT2D eigenvalue weighted by Crippen LogP contribution is 2.37. The lowest BCUT2D eigenvalue weighted by molar-refractivity contribution is -0.148. The number of nitriles is 1. The Morgan fingerprint density at radius 2 is 2.00 bits per heavy atom. The summed E-state index contributed by atoms with van der Waals surface area (Å²) in [7, 11) is 0. The first kappa shape index (κ1) is 28.5. The maximum Gasteiger partial charge on any atom is 0.310 e. The average Bonchev–Trinajstić information content (AvgIpc) is 3.19. The van der Waals surface area contributed by atoms with E-state index in [0.29, 0.717) is 52.2 Å². The first-order chi connectivity index (χ1) is 18.7. The number of carbonyl (C=O) groups excluding carboxylic acids is 2. The largest absolute Gasteiger partial charge is 0.466 e. The molecule has 0 radical (unpaired) electrons. The van der Waals surface area contributed by atoms with Gasteiger partial charge in [0.25, 0.3) is 11.5 Å². The molecule has 0 saturated carbocycles. The van der Waals surface area contributed by atoms with Crippen molar-refractivity contribution in [2.45, 2.75) is 46.7 Å². The SMILES string of the molecule is CCOC(=O)C1CCCN(c2c(/C=C3\SC(=S)N(Cc4ccc(F)cc4)C3=O)c(C)c(C#N)c(=O)n2CC)C1. The molecule has 1 aromatic heterocycles. The molecule has 3 heterocycles. The topological polar surface area (TPSA) is 95.6 Å². The van der Waals surface area contributed by atoms with Crippen molar-refractivity contribution in [3.8, 4) is 6.07 Å². The molecule has 0 spiro atoms. The number of hydrogen-bond acceptors (Lipinski definition) is 8. The van der Waals surface area contributed by atoms with Crippen molar-refractivity contribution in [3.63, 3.8) is 0 Å². The van der Waals surface area contributed by atoms with Crippen LogP contribution in [0.5, 0.6) is 0 Å². The van der Waals surface area contributed by atoms with Crippen LogP contribution in [0.25, 0.3) is 6.08 Å². The fraction of sp³-hybridized carbons (Fsp3) is 0.393. The summed E-state index contributed by atoms with van der Waals surface area (Å²) in [4.78, 5) is 43.1. The smallest absolute Gasteiger partial charge is 0.310 e. The van der Waals surface area contributed by atoms with Gasteiger partial charge in [0.05, 0.1) is 24.0 Å². The van der Waals surface area contributed by atoms with Gasteiger partial charge in [-0.05, 0) is 62.9 Å². The molecule has 0 bridgehead atoms. The van der Waals surface area contributed by atoms with Crippen LogP contribution < -0.4 is 10.5 Å². The third-order valence-electron chi connectivity index (χ3n) is 6.91. The zero-order valence-corrected chi connectivity index (χ0v) is 23.7. The van der Waals surface area contributed by atoms with Crippen LogP contribution in [0.15, 0.2) is 34.0 Å². The molecule has 2 fully saturated rings. The van der Waals surface area contributed by atoms with E-state index in [1.807, 2.05) is 17.9 Å². The molecule has 2 aromatic rings. The molecule has 39 heavy (non-hydrogen) atoms. The number of aromatic nitrogens is 1. The number of pyridine rings is 1. The number of hydrogen-bond donors (Lipinski definition) is 0. The van der Waals surface area contributed by atoms with Crippen molar-refractivity contribution in [1.82, 2.24) is 9.47 Å². The number of anilines is 1. The predicted octanol–water partition coefficient (Wildman–Crippen LogP) is 4.37. The van der Waals surface area contributed by atoms with Gasteiger partial charge in [-0.1, -0.05) is 36.1 Å². The van der Waals surface area contributed by atoms with Gasteiger partial charge in [0.1, 0.15) is 27.6 Å². The van der Waals surface area contributed by atoms with E-state index in [9.17, 15) is 24.0 Å². The lowest BCUT2D eigenvalue weighted by atomic mass is 9.96. The van der Waals surface area contributed by atoms with Gasteiger partial charge in [-0.3, -0.25) is 23.9 Å². The van der Waals surface area contributed by atoms with Gasteiger partial charge < -0.3 is 9.64 Å². The van der Waals surface area contributed by atoms with Gasteiger partial charge in [-0.15, -0.1) is 0 Å². The number of piperidine rings is 1. The number of benzene rings is 1. The number of carbonyl (C=O) groups is 2. The van der Waals surface area contributed by atoms with Gasteiger partial charge >= 0.3 is 5.97 Å². The number of thiocarbonyl (C=S) groups is 1. The molecular formula is C28H29FN4O4S2. The second-order valence-corrected chi connectivity index (χ2v) is 11.0. The van der Waals surface area contributed by atoms with Crippen molar-refractivity contribution in [1.29, 1.82) is 5.26 Å². The van der Waals surface area contributed by atoms with E-state index in [4.69, 9.17) is 17.0 Å². The van der Waals surface area contributed by atoms with E-state index in [1.54, 1.807) is 32.1 Å². The molecule has 1 atom stereocenters. The lowest BCUT2D eigenvalue weighted by Gasteiger charge is -2.36. The standard InChI is InChI=1S/C28H29FN4O4S2/c1-4-32-24(31-12-6-7-19(16-31)27(36)37-5-2)21(17(3)22(14-30)25(32)34)13-23-26(35)33(28(38)39-23)15-18-8-10-20(29)11-9-18/h8-11,13,19H,4-7,12,15-16H2,1-3H3/b23-13-. The Balaban J connectivity index is 1.78. The minimum absolute atomic E-state index is 0.00703. The highest BCUT2D eigenvalue weighted by Gasteiger charge is 2.34. The second kappa shape index (κ2) is 12.1. The second-order valence-electron chi connectivity index (χ2n) is 9.33. The molecule has 8 nitrogen and oxygen atoms in total. The van der Waals surface area contributed by atoms with Crippen LogP contribution >= 0.6 is 24.0 Å². The molecule has 0 aliphatic carbocycles. The van der Waals surface area contributed by atoms with Crippen molar-refractivity contribution in [3.05, 3.63) is 67.6 Å². The summed E-state index contributed by atoms with van der Waals surface area (Å²) in [5.41, 5.74) is 1.36. The molecular weight excluding hydrogens is 539 g/mol. The van der Waals surface area contributed by atoms with Gasteiger partial charge in [-0.2, -0.15) is 5.26 Å². The molecule has 2 aliphatic heterocycles. The van der Waals surface area contributed by atoms with Crippen molar-refractivity contribution in [2.75, 3.05) is 24.6 Å². The molecule has 204 valence electrons. The maximum absolute atomic E-state index is 13.4. The summed E-state index contributed by atoms with van der Waals surface area (Å²) < 4.78 is 20.5. The third-order valence-corrected chi connectivity index (χ3v) is 8.28. The van der Waals surface area contributed by atoms with Gasteiger partial charge in [0, 0.05) is 25.2 Å². The molecule has 1 unspecified atom stereocenters. The Hall–Kier alpha value is -3.49. The summed E-state index contributed by atoms with van der Waals surface area (Å²) in [5, 5.41) is 9.81. The number of amides is 1. The minimum Gasteiger partial charge on any atom is -0.466 e. The Morgan fingerprint density at radius 3 is 2.64 bits per heavy atom. The molecule has 2 saturated heterocycles. The van der Waals surface area contributed by atoms with Gasteiger partial charge in [0.2, 0.25) is 0 Å². The normalized spacial score (nSPS) is 18.5. The number of ether oxygens (including phenoxy) is 1. The van der Waals surface area contributed by atoms with E-state index in [-0.39, 0.29) is 42.3 Å². The quantitative estimate of drug-likeness (QED) is 0.276. The number of esters is 1. The zero-order valence-electron chi connectivity index (χ0n) is 22.0. The van der Waals surface area contributed by atoms with E-state index in [2.05, 4.69) is 0 Å². The molecule has 4 rings (SSSR count). The van der Waals surface area contributed by atoms with Crippen LogP contribution in [-0.4, -0.2) is 45.4 Å². The van der Waals surface area contributed by atoms with Crippen molar-refractivity contribution in [2.24, 2.45) is 5.92 Å². The lowest BCUT2D eigenvalue weighted by Crippen LogP contribution is -2.43. The van der Waals surface area contributed by atoms with Crippen LogP contribution in [0.1, 0.15) is 48.9 Å². The Kier molecular flexibility index (Phi) is 8.87. The molecule has 1 aromatic carbocycles. The van der Waals surface area contributed by atoms with Crippen LogP contribution in [0, 0.1) is 30.0 Å². The zero-order chi connectivity index (χ0) is 28.3. The average molecular weight is 569 g/mol. The van der Waals surface area contributed by atoms with Crippen LogP contribution in [0.3, 0.4) is 0 Å². The fourth-order valence-electron chi connectivity index (χ4n) is 4.94. The summed E-state index contributed by atoms with van der Waals surface area (Å²) in [6.07, 6.45) is 3.09. The number of halogens is 1. The predicted molar refractivity (Wildman–Crippen MR) is 153 cm³/mol. The molecule has 0 N–H and O–H groups in total. The molecule has 1 amide bonds. The van der Waals surface area contributed by atoms with Crippen LogP contribution in [-0.2, 0) is 27.4 Å². The Labute approximate surface area is 236 Å². The molecule has 2 aliphatic rings. The monoisotopic (exact) mass is 568 g/mol. The van der Waals surface area contributed by atoms with Gasteiger partial charge in [-0.25, -0.2) is 4.39 Å².